The molecule has 2 heterocycles. The molecule has 1 aliphatic rings. The lowest BCUT2D eigenvalue weighted by Crippen LogP contribution is -2.31. The van der Waals surface area contributed by atoms with E-state index in [0.29, 0.717) is 34.3 Å². The van der Waals surface area contributed by atoms with Crippen molar-refractivity contribution in [3.05, 3.63) is 82.8 Å². The number of ether oxygens (including phenoxy) is 2. The molecule has 3 amide bonds. The number of hydrogen-bond acceptors (Lipinski definition) is 10. The van der Waals surface area contributed by atoms with Gasteiger partial charge in [-0.1, -0.05) is 18.2 Å². The minimum atomic E-state index is -4.74. The van der Waals surface area contributed by atoms with E-state index in [2.05, 4.69) is 25.2 Å². The topological polar surface area (TPSA) is 211 Å². The molecule has 0 atom stereocenters. The molecule has 4 N–H and O–H groups in total. The Morgan fingerprint density at radius 3 is 2.44 bits per heavy atom. The second-order valence-corrected chi connectivity index (χ2v) is 12.1. The van der Waals surface area contributed by atoms with Gasteiger partial charge in [-0.3, -0.25) is 24.2 Å². The van der Waals surface area contributed by atoms with Gasteiger partial charge < -0.3 is 24.6 Å². The van der Waals surface area contributed by atoms with E-state index in [1.807, 2.05) is 0 Å². The fourth-order valence-corrected chi connectivity index (χ4v) is 5.21. The lowest BCUT2D eigenvalue weighted by Gasteiger charge is -2.24. The minimum Gasteiger partial charge on any atom is -0.428 e. The number of nitrogens with one attached hydrogen (secondary N) is 2. The van der Waals surface area contributed by atoms with Gasteiger partial charge in [0.15, 0.2) is 5.82 Å². The molecule has 252 valence electrons. The summed E-state index contributed by atoms with van der Waals surface area (Å²) in [6.45, 7) is 4.81. The van der Waals surface area contributed by atoms with Crippen LogP contribution in [0.1, 0.15) is 57.2 Å². The SMILES string of the molecule is CCNC(=O)c1ccc(C)c(N(C(=O)OCOC(=O)Cc2ccc(OP(=O)(O)O)cc2)c2ncnn3cc(C(=O)NC4CC4)c(C)c23)c1. The standard InChI is InChI=1S/C31H33N6O10P/c1-4-32-29(39)21-8-5-18(2)25(14-21)37(28-27-19(3)24(15-36(27)34-16-33-28)30(40)35-22-9-10-22)31(41)46-17-45-26(38)13-20-6-11-23(12-7-20)47-48(42,43)44/h5-8,11-12,14-16,22H,4,9-10,13,17H2,1-3H3,(H,32,39)(H,35,40)(H2,42,43,44). The first kappa shape index (κ1) is 34.0. The Morgan fingerprint density at radius 2 is 1.77 bits per heavy atom. The third-order valence-electron chi connectivity index (χ3n) is 7.31. The fraction of sp³-hybridized carbons (Fsp3) is 0.290. The molecule has 5 rings (SSSR count). The highest BCUT2D eigenvalue weighted by atomic mass is 31.2. The van der Waals surface area contributed by atoms with Gasteiger partial charge in [-0.05, 0) is 74.6 Å². The van der Waals surface area contributed by atoms with Crippen molar-refractivity contribution in [1.82, 2.24) is 25.2 Å². The van der Waals surface area contributed by atoms with Crippen LogP contribution in [-0.4, -0.2) is 67.6 Å². The lowest BCUT2D eigenvalue weighted by atomic mass is 10.1. The number of fused-ring (bicyclic) bond motifs is 1. The Bertz CT molecular complexity index is 1920. The highest BCUT2D eigenvalue weighted by molar-refractivity contribution is 7.46. The third kappa shape index (κ3) is 8.15. The number of nitrogens with zero attached hydrogens (tertiary/aromatic N) is 4. The number of phosphoric ester groups is 1. The van der Waals surface area contributed by atoms with E-state index in [1.165, 1.54) is 41.2 Å². The quantitative estimate of drug-likeness (QED) is 0.0963. The van der Waals surface area contributed by atoms with Crippen molar-refractivity contribution < 1.29 is 47.5 Å². The van der Waals surface area contributed by atoms with Gasteiger partial charge in [0.05, 0.1) is 17.7 Å². The van der Waals surface area contributed by atoms with Crippen molar-refractivity contribution in [2.45, 2.75) is 46.1 Å². The van der Waals surface area contributed by atoms with Gasteiger partial charge in [-0.15, -0.1) is 0 Å². The Labute approximate surface area is 274 Å². The number of hydrogen-bond donors (Lipinski definition) is 4. The lowest BCUT2D eigenvalue weighted by molar-refractivity contribution is -0.150. The van der Waals surface area contributed by atoms with Crippen LogP contribution in [0.2, 0.25) is 0 Å². The van der Waals surface area contributed by atoms with Crippen LogP contribution in [0, 0.1) is 13.8 Å². The number of rotatable bonds is 12. The first-order valence-electron chi connectivity index (χ1n) is 14.8. The molecule has 0 aliphatic heterocycles. The zero-order chi connectivity index (χ0) is 34.6. The van der Waals surface area contributed by atoms with Gasteiger partial charge in [0.25, 0.3) is 11.8 Å². The van der Waals surface area contributed by atoms with E-state index in [1.54, 1.807) is 39.1 Å². The summed E-state index contributed by atoms with van der Waals surface area (Å²) in [5.74, 6) is -1.45. The van der Waals surface area contributed by atoms with E-state index in [9.17, 15) is 23.7 Å². The monoisotopic (exact) mass is 680 g/mol. The van der Waals surface area contributed by atoms with Crippen LogP contribution in [0.15, 0.2) is 55.0 Å². The predicted octanol–water partition coefficient (Wildman–Crippen LogP) is 3.48. The summed E-state index contributed by atoms with van der Waals surface area (Å²) in [4.78, 5) is 75.5. The molecule has 0 bridgehead atoms. The van der Waals surface area contributed by atoms with E-state index in [4.69, 9.17) is 19.3 Å². The fourth-order valence-electron chi connectivity index (χ4n) is 4.81. The number of carbonyl (C=O) groups is 4. The average molecular weight is 681 g/mol. The van der Waals surface area contributed by atoms with Crippen molar-refractivity contribution in [2.75, 3.05) is 18.2 Å². The maximum Gasteiger partial charge on any atom is 0.524 e. The number of aryl methyl sites for hydroxylation is 2. The minimum absolute atomic E-state index is 0.0538. The van der Waals surface area contributed by atoms with Crippen LogP contribution in [0.25, 0.3) is 5.52 Å². The Hall–Kier alpha value is -5.31. The molecule has 4 aromatic rings. The summed E-state index contributed by atoms with van der Waals surface area (Å²) >= 11 is 0. The molecule has 1 aliphatic carbocycles. The van der Waals surface area contributed by atoms with E-state index < -0.39 is 26.7 Å². The van der Waals surface area contributed by atoms with E-state index in [0.717, 1.165) is 17.7 Å². The number of esters is 1. The number of anilines is 2. The zero-order valence-corrected chi connectivity index (χ0v) is 27.1. The molecular weight excluding hydrogens is 647 g/mol. The Balaban J connectivity index is 1.41. The molecule has 0 radical (unpaired) electrons. The van der Waals surface area contributed by atoms with Crippen molar-refractivity contribution in [3.63, 3.8) is 0 Å². The zero-order valence-electron chi connectivity index (χ0n) is 26.2. The normalized spacial score (nSPS) is 12.7. The summed E-state index contributed by atoms with van der Waals surface area (Å²) in [6, 6.07) is 10.3. The van der Waals surface area contributed by atoms with Crippen molar-refractivity contribution in [2.24, 2.45) is 0 Å². The van der Waals surface area contributed by atoms with Crippen molar-refractivity contribution in [1.29, 1.82) is 0 Å². The van der Waals surface area contributed by atoms with Gasteiger partial charge in [0.2, 0.25) is 6.79 Å². The maximum absolute atomic E-state index is 13.8. The predicted molar refractivity (Wildman–Crippen MR) is 170 cm³/mol. The van der Waals surface area contributed by atoms with Crippen LogP contribution in [0.4, 0.5) is 16.3 Å². The van der Waals surface area contributed by atoms with Gasteiger partial charge in [-0.2, -0.15) is 5.10 Å². The first-order valence-corrected chi connectivity index (χ1v) is 16.4. The summed E-state index contributed by atoms with van der Waals surface area (Å²) < 4.78 is 27.5. The third-order valence-corrected chi connectivity index (χ3v) is 7.76. The van der Waals surface area contributed by atoms with Crippen LogP contribution < -0.4 is 20.1 Å². The number of carbonyl (C=O) groups excluding carboxylic acids is 4. The van der Waals surface area contributed by atoms with Crippen molar-refractivity contribution in [3.8, 4) is 5.75 Å². The maximum atomic E-state index is 13.8. The number of aromatic nitrogens is 3. The second-order valence-electron chi connectivity index (χ2n) is 10.9. The van der Waals surface area contributed by atoms with Gasteiger partial charge in [-0.25, -0.2) is 23.8 Å². The number of phosphoric acid groups is 1. The van der Waals surface area contributed by atoms with Gasteiger partial charge in [0, 0.05) is 24.3 Å². The number of amides is 3. The summed E-state index contributed by atoms with van der Waals surface area (Å²) in [7, 11) is -4.74. The molecule has 0 unspecified atom stereocenters. The second kappa shape index (κ2) is 14.2. The van der Waals surface area contributed by atoms with Gasteiger partial charge >= 0.3 is 19.9 Å². The largest absolute Gasteiger partial charge is 0.524 e. The van der Waals surface area contributed by atoms with E-state index in [-0.39, 0.29) is 47.1 Å². The molecule has 1 fully saturated rings. The molecule has 16 nitrogen and oxygen atoms in total. The van der Waals surface area contributed by atoms with Crippen LogP contribution in [-0.2, 0) is 25.3 Å². The average Bonchev–Trinajstić information content (AvgIpc) is 3.78. The first-order chi connectivity index (χ1) is 22.8. The molecule has 48 heavy (non-hydrogen) atoms. The highest BCUT2D eigenvalue weighted by Gasteiger charge is 2.30. The van der Waals surface area contributed by atoms with Crippen LogP contribution >= 0.6 is 7.82 Å². The summed E-state index contributed by atoms with van der Waals surface area (Å²) in [5.41, 5.74) is 2.72. The molecule has 2 aromatic heterocycles. The Morgan fingerprint density at radius 1 is 1.04 bits per heavy atom. The molecule has 0 saturated heterocycles. The van der Waals surface area contributed by atoms with Crippen LogP contribution in [0.5, 0.6) is 5.75 Å². The molecule has 2 aromatic carbocycles. The van der Waals surface area contributed by atoms with Crippen molar-refractivity contribution >= 4 is 48.7 Å². The molecule has 1 saturated carbocycles. The van der Waals surface area contributed by atoms with E-state index >= 15 is 0 Å². The van der Waals surface area contributed by atoms with Crippen LogP contribution in [0.3, 0.4) is 0 Å². The molecule has 17 heteroatoms. The highest BCUT2D eigenvalue weighted by Crippen LogP contribution is 2.37. The smallest absolute Gasteiger partial charge is 0.428 e. The molecule has 0 spiro atoms. The Kier molecular flexibility index (Phi) is 10.1. The van der Waals surface area contributed by atoms with Gasteiger partial charge in [0.1, 0.15) is 17.6 Å². The summed E-state index contributed by atoms with van der Waals surface area (Å²) in [6.07, 6.45) is 3.31. The summed E-state index contributed by atoms with van der Waals surface area (Å²) in [5, 5.41) is 9.91. The molecular formula is C31H33N6O10P. The number of benzene rings is 2.